The lowest BCUT2D eigenvalue weighted by Gasteiger charge is -2.31. The number of rotatable bonds is 20. The maximum absolute atomic E-state index is 2.63. The number of nitrogens with zero attached hydrogens (tertiary/aromatic N) is 8. The zero-order valence-corrected chi connectivity index (χ0v) is 44.5. The summed E-state index contributed by atoms with van der Waals surface area (Å²) in [5, 5.41) is 0. The number of unbranched alkanes of at least 4 members (excludes halogenated alkanes) is 2. The molecule has 8 heteroatoms. The normalized spacial score (nSPS) is 16.2. The molecular formula is C53H124N8. The minimum absolute atomic E-state index is 0. The second-order valence-electron chi connectivity index (χ2n) is 19.5. The molecule has 0 radical (unpaired) electrons. The molecule has 1 aliphatic rings. The molecule has 0 saturated carbocycles. The topological polar surface area (TPSA) is 25.9 Å². The van der Waals surface area contributed by atoms with Crippen molar-refractivity contribution in [2.75, 3.05) is 131 Å². The van der Waals surface area contributed by atoms with Crippen LogP contribution in [0.25, 0.3) is 0 Å². The zero-order chi connectivity index (χ0) is 45.5. The van der Waals surface area contributed by atoms with Crippen molar-refractivity contribution in [3.8, 4) is 0 Å². The number of hydrogen-bond donors (Lipinski definition) is 0. The van der Waals surface area contributed by atoms with E-state index in [2.05, 4.69) is 164 Å². The average Bonchev–Trinajstić information content (AvgIpc) is 3.21. The van der Waals surface area contributed by atoms with Crippen LogP contribution in [0.4, 0.5) is 0 Å². The molecule has 0 aliphatic carbocycles. The van der Waals surface area contributed by atoms with Crippen LogP contribution in [0.3, 0.4) is 0 Å². The van der Waals surface area contributed by atoms with E-state index in [4.69, 9.17) is 0 Å². The maximum atomic E-state index is 2.63. The molecule has 1 fully saturated rings. The fraction of sp³-hybridized carbons (Fsp3) is 1.00. The largest absolute Gasteiger partial charge is 0.291 e. The van der Waals surface area contributed by atoms with Gasteiger partial charge in [-0.25, -0.2) is 0 Å². The lowest BCUT2D eigenvalue weighted by atomic mass is 9.92. The molecule has 0 aromatic rings. The second kappa shape index (κ2) is 46.2. The highest BCUT2D eigenvalue weighted by atomic mass is 15.3. The summed E-state index contributed by atoms with van der Waals surface area (Å²) in [4.78, 5) is 20.6. The summed E-state index contributed by atoms with van der Waals surface area (Å²) in [6.45, 7) is 64.8. The quantitative estimate of drug-likeness (QED) is 0.112. The zero-order valence-electron chi connectivity index (χ0n) is 44.5. The second-order valence-corrected chi connectivity index (χ2v) is 19.5. The third-order valence-corrected chi connectivity index (χ3v) is 12.0. The molecule has 8 nitrogen and oxygen atoms in total. The van der Waals surface area contributed by atoms with E-state index in [0.29, 0.717) is 10.8 Å². The van der Waals surface area contributed by atoms with Crippen LogP contribution in [-0.4, -0.2) is 171 Å². The van der Waals surface area contributed by atoms with Crippen LogP contribution in [-0.2, 0) is 0 Å². The molecule has 0 aromatic heterocycles. The lowest BCUT2D eigenvalue weighted by molar-refractivity contribution is 0.123. The van der Waals surface area contributed by atoms with Gasteiger partial charge >= 0.3 is 0 Å². The van der Waals surface area contributed by atoms with Crippen LogP contribution in [0.15, 0.2) is 0 Å². The fourth-order valence-corrected chi connectivity index (χ4v) is 6.99. The first-order chi connectivity index (χ1) is 28.0. The predicted molar refractivity (Wildman–Crippen MR) is 283 cm³/mol. The molecule has 0 bridgehead atoms. The lowest BCUT2D eigenvalue weighted by Crippen LogP contribution is -2.40. The van der Waals surface area contributed by atoms with E-state index in [1.807, 2.05) is 0 Å². The Morgan fingerprint density at radius 3 is 0.770 bits per heavy atom. The first-order valence-electron chi connectivity index (χ1n) is 25.8. The molecule has 1 aliphatic heterocycles. The van der Waals surface area contributed by atoms with Crippen molar-refractivity contribution in [3.63, 3.8) is 0 Å². The van der Waals surface area contributed by atoms with Gasteiger partial charge in [-0.15, -0.1) is 0 Å². The van der Waals surface area contributed by atoms with Crippen molar-refractivity contribution in [2.24, 2.45) is 10.8 Å². The summed E-state index contributed by atoms with van der Waals surface area (Å²) >= 11 is 0. The Morgan fingerprint density at radius 1 is 0.361 bits per heavy atom. The standard InChI is InChI=1S/C20H44N4.2C13H30N2.C5H12.2CH4/c1-5-21-15-11-9-12-17-23(7-3)20-24(8-4)18-14-10-13-16-22(6-2)19-21;2*1-7-14(8-2)12-15(9-3)11-10-13(4,5)6;1-3-5-4-2;;/h5-20H2,1-4H3;2*7-12H2,1-6H3;3-5H2,1-2H3;2*1H4. The van der Waals surface area contributed by atoms with Crippen LogP contribution in [0.1, 0.15) is 210 Å². The molecule has 61 heavy (non-hydrogen) atoms. The first-order valence-corrected chi connectivity index (χ1v) is 25.8. The van der Waals surface area contributed by atoms with Gasteiger partial charge < -0.3 is 0 Å². The smallest absolute Gasteiger partial charge is 0.0505 e. The predicted octanol–water partition coefficient (Wildman–Crippen LogP) is 13.1. The molecule has 0 unspecified atom stereocenters. The molecular weight excluding hydrogens is 749 g/mol. The van der Waals surface area contributed by atoms with Gasteiger partial charge in [-0.3, -0.25) is 39.2 Å². The van der Waals surface area contributed by atoms with Crippen LogP contribution < -0.4 is 0 Å². The highest BCUT2D eigenvalue weighted by molar-refractivity contribution is 4.68. The minimum Gasteiger partial charge on any atom is -0.291 e. The summed E-state index contributed by atoms with van der Waals surface area (Å²) in [5.74, 6) is 0. The Morgan fingerprint density at radius 2 is 0.607 bits per heavy atom. The maximum Gasteiger partial charge on any atom is 0.0505 e. The van der Waals surface area contributed by atoms with Crippen molar-refractivity contribution >= 4 is 0 Å². The van der Waals surface area contributed by atoms with Crippen LogP contribution in [0.5, 0.6) is 0 Å². The van der Waals surface area contributed by atoms with Crippen LogP contribution in [0.2, 0.25) is 0 Å². The van der Waals surface area contributed by atoms with Crippen molar-refractivity contribution in [1.29, 1.82) is 0 Å². The van der Waals surface area contributed by atoms with Crippen molar-refractivity contribution in [1.82, 2.24) is 39.2 Å². The monoisotopic (exact) mass is 873 g/mol. The van der Waals surface area contributed by atoms with E-state index in [1.54, 1.807) is 0 Å². The molecule has 0 N–H and O–H groups in total. The first kappa shape index (κ1) is 69.7. The molecule has 0 amide bonds. The third-order valence-electron chi connectivity index (χ3n) is 12.0. The van der Waals surface area contributed by atoms with Gasteiger partial charge in [0.05, 0.1) is 26.7 Å². The summed E-state index contributed by atoms with van der Waals surface area (Å²) < 4.78 is 0. The van der Waals surface area contributed by atoms with Gasteiger partial charge in [0.1, 0.15) is 0 Å². The van der Waals surface area contributed by atoms with Gasteiger partial charge in [-0.2, -0.15) is 0 Å². The van der Waals surface area contributed by atoms with Crippen molar-refractivity contribution in [2.45, 2.75) is 210 Å². The van der Waals surface area contributed by atoms with Gasteiger partial charge in [0.2, 0.25) is 0 Å². The van der Waals surface area contributed by atoms with Crippen LogP contribution in [0, 0.1) is 10.8 Å². The molecule has 1 saturated heterocycles. The van der Waals surface area contributed by atoms with E-state index in [1.165, 1.54) is 136 Å². The van der Waals surface area contributed by atoms with Crippen molar-refractivity contribution < 1.29 is 0 Å². The highest BCUT2D eigenvalue weighted by Gasteiger charge is 2.16. The Hall–Kier alpha value is -0.320. The summed E-state index contributed by atoms with van der Waals surface area (Å²) in [5.41, 5.74) is 0.910. The van der Waals surface area contributed by atoms with Gasteiger partial charge in [0.15, 0.2) is 0 Å². The van der Waals surface area contributed by atoms with Gasteiger partial charge in [-0.05, 0) is 154 Å². The molecule has 0 atom stereocenters. The molecule has 1 heterocycles. The molecule has 376 valence electrons. The van der Waals surface area contributed by atoms with E-state index >= 15 is 0 Å². The Kier molecular flexibility index (Phi) is 52.8. The summed E-state index contributed by atoms with van der Waals surface area (Å²) in [6.07, 6.45) is 14.8. The van der Waals surface area contributed by atoms with Crippen molar-refractivity contribution in [3.05, 3.63) is 0 Å². The Labute approximate surface area is 390 Å². The fourth-order valence-electron chi connectivity index (χ4n) is 6.99. The van der Waals surface area contributed by atoms with Gasteiger partial charge in [0.25, 0.3) is 0 Å². The summed E-state index contributed by atoms with van der Waals surface area (Å²) in [7, 11) is 0. The van der Waals surface area contributed by atoms with E-state index in [-0.39, 0.29) is 14.9 Å². The molecule has 0 spiro atoms. The molecule has 0 aromatic carbocycles. The van der Waals surface area contributed by atoms with E-state index in [0.717, 1.165) is 65.9 Å². The van der Waals surface area contributed by atoms with Gasteiger partial charge in [-0.1, -0.05) is 172 Å². The Balaban J connectivity index is -0.000000248. The minimum atomic E-state index is 0. The molecule has 1 rings (SSSR count). The van der Waals surface area contributed by atoms with E-state index in [9.17, 15) is 0 Å². The Bertz CT molecular complexity index is 730. The number of hydrogen-bond acceptors (Lipinski definition) is 8. The van der Waals surface area contributed by atoms with E-state index < -0.39 is 0 Å². The highest BCUT2D eigenvalue weighted by Crippen LogP contribution is 2.19. The summed E-state index contributed by atoms with van der Waals surface area (Å²) in [6, 6.07) is 0. The SMILES string of the molecule is C.C.CCCCC.CCN(CC)CN(CC)CCC(C)(C)C.CCN(CC)CN(CC)CCC(C)(C)C.CCN1CCCCCN(CC)CN(CC)CCCCCN(CC)C1. The average molecular weight is 874 g/mol. The third kappa shape index (κ3) is 46.0. The van der Waals surface area contributed by atoms with Crippen LogP contribution >= 0.6 is 0 Å². The van der Waals surface area contributed by atoms with Gasteiger partial charge in [0, 0.05) is 0 Å².